The van der Waals surface area contributed by atoms with Crippen LogP contribution in [0.2, 0.25) is 0 Å². The number of carboxylic acids is 1. The second-order valence-corrected chi connectivity index (χ2v) is 10.5. The number of aromatic nitrogens is 1. The summed E-state index contributed by atoms with van der Waals surface area (Å²) in [5.74, 6) is -5.77. The Morgan fingerprint density at radius 1 is 1.05 bits per heavy atom. The quantitative estimate of drug-likeness (QED) is 0.223. The van der Waals surface area contributed by atoms with Gasteiger partial charge in [0.1, 0.15) is 11.7 Å². The van der Waals surface area contributed by atoms with Gasteiger partial charge in [-0.1, -0.05) is 50.2 Å². The number of carbonyl (C=O) groups is 5. The Balaban J connectivity index is 1.83. The van der Waals surface area contributed by atoms with Gasteiger partial charge >= 0.3 is 13.1 Å². The van der Waals surface area contributed by atoms with Crippen molar-refractivity contribution in [2.75, 3.05) is 7.05 Å². The number of amides is 3. The molecule has 1 saturated heterocycles. The Labute approximate surface area is 243 Å². The lowest BCUT2D eigenvalue weighted by Gasteiger charge is -2.39. The zero-order valence-corrected chi connectivity index (χ0v) is 23.8. The highest BCUT2D eigenvalue weighted by molar-refractivity contribution is 6.50. The van der Waals surface area contributed by atoms with Crippen molar-refractivity contribution in [2.45, 2.75) is 63.7 Å². The van der Waals surface area contributed by atoms with Crippen molar-refractivity contribution < 1.29 is 43.5 Å². The van der Waals surface area contributed by atoms with E-state index in [-0.39, 0.29) is 18.0 Å². The molecule has 14 heteroatoms. The number of likely N-dealkylation sites (N-methyl/N-ethyl adjacent to an activating group) is 1. The Bertz CT molecular complexity index is 1300. The first-order chi connectivity index (χ1) is 19.8. The standard InChI is InChI=1S/C28H35BN4O9/c1-16(2)13-21(29-41-23(37)15-28(42-29,14-22(35)36)27(40)30-4)32-26(39)24(17(3)34)33-25(38)20-12-8-11-19(31-20)18-9-6-5-7-10-18/h5-12,16-17,21,24,34H,13-15H2,1-4H3,(H,30,40)(H,32,39)(H,33,38)(H,35,36)/t17?,21?,24?,28-/m0/s1. The molecule has 0 saturated carbocycles. The van der Waals surface area contributed by atoms with Crippen LogP contribution in [-0.2, 0) is 28.5 Å². The lowest BCUT2D eigenvalue weighted by molar-refractivity contribution is -0.164. The van der Waals surface area contributed by atoms with Crippen LogP contribution in [0, 0.1) is 5.92 Å². The average molecular weight is 582 g/mol. The number of benzene rings is 1. The van der Waals surface area contributed by atoms with Gasteiger partial charge in [0.15, 0.2) is 5.60 Å². The molecule has 0 bridgehead atoms. The summed E-state index contributed by atoms with van der Waals surface area (Å²) in [6.45, 7) is 4.97. The van der Waals surface area contributed by atoms with Crippen molar-refractivity contribution in [2.24, 2.45) is 5.92 Å². The molecule has 2 heterocycles. The molecule has 13 nitrogen and oxygen atoms in total. The zero-order chi connectivity index (χ0) is 31.0. The highest BCUT2D eigenvalue weighted by Gasteiger charge is 2.54. The number of carbonyl (C=O) groups excluding carboxylic acids is 4. The molecule has 3 amide bonds. The van der Waals surface area contributed by atoms with Crippen LogP contribution in [-0.4, -0.2) is 82.7 Å². The molecule has 4 atom stereocenters. The van der Waals surface area contributed by atoms with E-state index in [0.717, 1.165) is 5.56 Å². The first kappa shape index (κ1) is 32.2. The van der Waals surface area contributed by atoms with Crippen molar-refractivity contribution in [1.82, 2.24) is 20.9 Å². The highest BCUT2D eigenvalue weighted by atomic mass is 16.6. The van der Waals surface area contributed by atoms with Gasteiger partial charge in [-0.2, -0.15) is 0 Å². The van der Waals surface area contributed by atoms with Crippen molar-refractivity contribution >= 4 is 36.8 Å². The molecule has 0 spiro atoms. The van der Waals surface area contributed by atoms with Gasteiger partial charge in [0.05, 0.1) is 30.6 Å². The maximum Gasteiger partial charge on any atom is 0.552 e. The number of rotatable bonds is 12. The van der Waals surface area contributed by atoms with Crippen LogP contribution in [0.15, 0.2) is 48.5 Å². The number of nitrogens with zero attached hydrogens (tertiary/aromatic N) is 1. The minimum Gasteiger partial charge on any atom is -0.508 e. The third-order valence-electron chi connectivity index (χ3n) is 6.58. The van der Waals surface area contributed by atoms with Crippen molar-refractivity contribution in [3.63, 3.8) is 0 Å². The van der Waals surface area contributed by atoms with E-state index in [2.05, 4.69) is 20.9 Å². The molecule has 3 unspecified atom stereocenters. The summed E-state index contributed by atoms with van der Waals surface area (Å²) in [5, 5.41) is 27.3. The molecule has 1 aliphatic heterocycles. The minimum atomic E-state index is -2.06. The SMILES string of the molecule is CNC(=O)[C@]1(CC(=O)O)CC(=O)OB(C(CC(C)C)NC(=O)C(NC(=O)c2cccc(-c3ccccc3)n2)C(C)O)O1. The highest BCUT2D eigenvalue weighted by Crippen LogP contribution is 2.30. The number of aliphatic hydroxyl groups is 1. The lowest BCUT2D eigenvalue weighted by Crippen LogP contribution is -2.64. The van der Waals surface area contributed by atoms with Crippen LogP contribution in [0.3, 0.4) is 0 Å². The molecule has 3 rings (SSSR count). The first-order valence-electron chi connectivity index (χ1n) is 13.5. The van der Waals surface area contributed by atoms with Gasteiger partial charge in [-0.05, 0) is 31.4 Å². The van der Waals surface area contributed by atoms with Gasteiger partial charge in [-0.25, -0.2) is 4.98 Å². The Morgan fingerprint density at radius 3 is 2.33 bits per heavy atom. The summed E-state index contributed by atoms with van der Waals surface area (Å²) in [7, 11) is -0.249. The second kappa shape index (κ2) is 14.1. The third kappa shape index (κ3) is 8.14. The van der Waals surface area contributed by atoms with E-state index in [1.807, 2.05) is 44.2 Å². The predicted octanol–water partition coefficient (Wildman–Crippen LogP) is 0.709. The molecule has 42 heavy (non-hydrogen) atoms. The van der Waals surface area contributed by atoms with Crippen LogP contribution in [0.4, 0.5) is 0 Å². The summed E-state index contributed by atoms with van der Waals surface area (Å²) in [4.78, 5) is 67.7. The molecule has 2 aromatic rings. The van der Waals surface area contributed by atoms with E-state index in [4.69, 9.17) is 9.31 Å². The van der Waals surface area contributed by atoms with Gasteiger partial charge in [-0.15, -0.1) is 0 Å². The van der Waals surface area contributed by atoms with Crippen molar-refractivity contribution in [3.05, 3.63) is 54.2 Å². The smallest absolute Gasteiger partial charge is 0.508 e. The van der Waals surface area contributed by atoms with Gasteiger partial charge in [-0.3, -0.25) is 24.0 Å². The number of hydrogen-bond donors (Lipinski definition) is 5. The number of carboxylic acid groups (broad SMARTS) is 1. The molecule has 1 aromatic heterocycles. The van der Waals surface area contributed by atoms with Crippen LogP contribution >= 0.6 is 0 Å². The Hall–Kier alpha value is -4.30. The average Bonchev–Trinajstić information content (AvgIpc) is 2.94. The van der Waals surface area contributed by atoms with Crippen molar-refractivity contribution in [1.29, 1.82) is 0 Å². The van der Waals surface area contributed by atoms with E-state index in [1.165, 1.54) is 20.0 Å². The zero-order valence-electron chi connectivity index (χ0n) is 23.8. The summed E-state index contributed by atoms with van der Waals surface area (Å²) < 4.78 is 11.1. The number of pyridine rings is 1. The summed E-state index contributed by atoms with van der Waals surface area (Å²) in [5.41, 5.74) is -0.725. The van der Waals surface area contributed by atoms with E-state index >= 15 is 0 Å². The minimum absolute atomic E-state index is 0.0158. The molecule has 1 aliphatic rings. The Kier molecular flexibility index (Phi) is 10.8. The number of aliphatic carboxylic acids is 1. The van der Waals surface area contributed by atoms with Crippen LogP contribution in [0.25, 0.3) is 11.3 Å². The van der Waals surface area contributed by atoms with Crippen LogP contribution in [0.5, 0.6) is 0 Å². The lowest BCUT2D eigenvalue weighted by atomic mass is 9.70. The normalized spacial score (nSPS) is 18.8. The summed E-state index contributed by atoms with van der Waals surface area (Å²) in [6.07, 6.45) is -2.62. The summed E-state index contributed by atoms with van der Waals surface area (Å²) >= 11 is 0. The van der Waals surface area contributed by atoms with Gasteiger partial charge in [0.25, 0.3) is 17.8 Å². The molecule has 224 valence electrons. The largest absolute Gasteiger partial charge is 0.552 e. The second-order valence-electron chi connectivity index (χ2n) is 10.5. The Morgan fingerprint density at radius 2 is 1.74 bits per heavy atom. The monoisotopic (exact) mass is 582 g/mol. The molecule has 0 aliphatic carbocycles. The van der Waals surface area contributed by atoms with Gasteiger partial charge in [0, 0.05) is 12.6 Å². The number of nitrogens with one attached hydrogen (secondary N) is 3. The van der Waals surface area contributed by atoms with Crippen molar-refractivity contribution in [3.8, 4) is 11.3 Å². The van der Waals surface area contributed by atoms with Crippen LogP contribution in [0.1, 0.15) is 50.5 Å². The van der Waals surface area contributed by atoms with E-state index < -0.39 is 73.3 Å². The number of hydrogen-bond acceptors (Lipinski definition) is 9. The van der Waals surface area contributed by atoms with E-state index in [0.29, 0.717) is 5.69 Å². The molecular formula is C28H35BN4O9. The maximum absolute atomic E-state index is 13.4. The first-order valence-corrected chi connectivity index (χ1v) is 13.5. The number of aliphatic hydroxyl groups excluding tert-OH is 1. The topological polar surface area (TPSA) is 193 Å². The fourth-order valence-corrected chi connectivity index (χ4v) is 4.62. The molecule has 1 aromatic carbocycles. The fourth-order valence-electron chi connectivity index (χ4n) is 4.62. The fraction of sp³-hybridized carbons (Fsp3) is 0.429. The third-order valence-corrected chi connectivity index (χ3v) is 6.58. The van der Waals surface area contributed by atoms with E-state index in [1.54, 1.807) is 12.1 Å². The summed E-state index contributed by atoms with van der Waals surface area (Å²) in [6, 6.07) is 12.6. The molecule has 1 fully saturated rings. The molecule has 5 N–H and O–H groups in total. The van der Waals surface area contributed by atoms with Gasteiger partial charge < -0.3 is 35.5 Å². The molecule has 0 radical (unpaired) electrons. The van der Waals surface area contributed by atoms with Gasteiger partial charge in [0.2, 0.25) is 5.91 Å². The predicted molar refractivity (Wildman–Crippen MR) is 151 cm³/mol. The molecular weight excluding hydrogens is 547 g/mol. The maximum atomic E-state index is 13.4. The van der Waals surface area contributed by atoms with Crippen LogP contribution < -0.4 is 16.0 Å². The van der Waals surface area contributed by atoms with E-state index in [9.17, 15) is 34.2 Å².